The van der Waals surface area contributed by atoms with Crippen LogP contribution in [0.25, 0.3) is 0 Å². The topological polar surface area (TPSA) is 59.0 Å². The summed E-state index contributed by atoms with van der Waals surface area (Å²) in [6.07, 6.45) is 2.44. The van der Waals surface area contributed by atoms with Crippen LogP contribution in [0.3, 0.4) is 0 Å². The predicted octanol–water partition coefficient (Wildman–Crippen LogP) is 2.08. The number of aryl methyl sites for hydroxylation is 1. The SMILES string of the molecule is Cc1cccc(CC(=O)CC2=NC(N3CCOCC3)=CC(=O)C2)c1. The van der Waals surface area contributed by atoms with Gasteiger partial charge in [0.05, 0.1) is 13.2 Å². The molecule has 2 aliphatic rings. The molecule has 2 aliphatic heterocycles. The Hall–Kier alpha value is -2.27. The average Bonchev–Trinajstić information content (AvgIpc) is 2.55. The first-order valence-corrected chi connectivity index (χ1v) is 8.31. The summed E-state index contributed by atoms with van der Waals surface area (Å²) in [4.78, 5) is 30.9. The quantitative estimate of drug-likeness (QED) is 0.831. The zero-order chi connectivity index (χ0) is 16.9. The highest BCUT2D eigenvalue weighted by molar-refractivity contribution is 6.14. The molecule has 5 nitrogen and oxygen atoms in total. The summed E-state index contributed by atoms with van der Waals surface area (Å²) in [5.74, 6) is 0.785. The second kappa shape index (κ2) is 7.53. The van der Waals surface area contributed by atoms with Gasteiger partial charge in [0.2, 0.25) is 0 Å². The van der Waals surface area contributed by atoms with Crippen molar-refractivity contribution in [2.75, 3.05) is 26.3 Å². The average molecular weight is 326 g/mol. The van der Waals surface area contributed by atoms with Crippen LogP contribution >= 0.6 is 0 Å². The first-order chi connectivity index (χ1) is 11.6. The summed E-state index contributed by atoms with van der Waals surface area (Å²) < 4.78 is 5.33. The Morgan fingerprint density at radius 3 is 2.79 bits per heavy atom. The monoisotopic (exact) mass is 326 g/mol. The van der Waals surface area contributed by atoms with Crippen molar-refractivity contribution < 1.29 is 14.3 Å². The Morgan fingerprint density at radius 1 is 1.25 bits per heavy atom. The van der Waals surface area contributed by atoms with Gasteiger partial charge < -0.3 is 9.64 Å². The summed E-state index contributed by atoms with van der Waals surface area (Å²) >= 11 is 0. The normalized spacial score (nSPS) is 18.2. The number of hydrogen-bond acceptors (Lipinski definition) is 5. The molecule has 2 heterocycles. The summed E-state index contributed by atoms with van der Waals surface area (Å²) in [5, 5.41) is 0. The molecular formula is C19H22N2O3. The van der Waals surface area contributed by atoms with E-state index in [1.807, 2.05) is 36.1 Å². The zero-order valence-electron chi connectivity index (χ0n) is 14.0. The zero-order valence-corrected chi connectivity index (χ0v) is 14.0. The van der Waals surface area contributed by atoms with Gasteiger partial charge in [0, 0.05) is 44.1 Å². The Kier molecular flexibility index (Phi) is 5.20. The predicted molar refractivity (Wildman–Crippen MR) is 92.0 cm³/mol. The van der Waals surface area contributed by atoms with Crippen LogP contribution in [-0.4, -0.2) is 48.5 Å². The van der Waals surface area contributed by atoms with Crippen molar-refractivity contribution in [3.8, 4) is 0 Å². The van der Waals surface area contributed by atoms with E-state index in [2.05, 4.69) is 4.99 Å². The fraction of sp³-hybridized carbons (Fsp3) is 0.421. The lowest BCUT2D eigenvalue weighted by atomic mass is 10.00. The van der Waals surface area contributed by atoms with E-state index in [1.165, 1.54) is 0 Å². The maximum Gasteiger partial charge on any atom is 0.164 e. The highest BCUT2D eigenvalue weighted by atomic mass is 16.5. The van der Waals surface area contributed by atoms with Gasteiger partial charge in [-0.3, -0.25) is 9.59 Å². The molecule has 0 spiro atoms. The van der Waals surface area contributed by atoms with Gasteiger partial charge in [0.1, 0.15) is 11.6 Å². The largest absolute Gasteiger partial charge is 0.378 e. The van der Waals surface area contributed by atoms with E-state index in [0.717, 1.165) is 24.2 Å². The Morgan fingerprint density at radius 2 is 2.04 bits per heavy atom. The molecule has 0 amide bonds. The molecule has 0 N–H and O–H groups in total. The van der Waals surface area contributed by atoms with E-state index in [0.29, 0.717) is 31.2 Å². The van der Waals surface area contributed by atoms with Gasteiger partial charge in [0.25, 0.3) is 0 Å². The number of carbonyl (C=O) groups excluding carboxylic acids is 2. The third kappa shape index (κ3) is 4.38. The van der Waals surface area contributed by atoms with Gasteiger partial charge in [-0.15, -0.1) is 0 Å². The van der Waals surface area contributed by atoms with Crippen LogP contribution in [0.1, 0.15) is 24.0 Å². The number of ether oxygens (including phenoxy) is 1. The van der Waals surface area contributed by atoms with Gasteiger partial charge in [-0.05, 0) is 12.5 Å². The van der Waals surface area contributed by atoms with E-state index in [1.54, 1.807) is 6.08 Å². The number of allylic oxidation sites excluding steroid dienone is 1. The van der Waals surface area contributed by atoms with Crippen LogP contribution in [0, 0.1) is 6.92 Å². The van der Waals surface area contributed by atoms with E-state index in [4.69, 9.17) is 4.74 Å². The van der Waals surface area contributed by atoms with Crippen LogP contribution in [0.5, 0.6) is 0 Å². The minimum atomic E-state index is 0.0184. The molecule has 0 bridgehead atoms. The van der Waals surface area contributed by atoms with Gasteiger partial charge in [0.15, 0.2) is 5.78 Å². The minimum Gasteiger partial charge on any atom is -0.378 e. The second-order valence-electron chi connectivity index (χ2n) is 6.30. The smallest absolute Gasteiger partial charge is 0.164 e. The van der Waals surface area contributed by atoms with E-state index >= 15 is 0 Å². The van der Waals surface area contributed by atoms with Crippen LogP contribution < -0.4 is 0 Å². The molecule has 3 rings (SSSR count). The maximum atomic E-state index is 12.3. The van der Waals surface area contributed by atoms with Crippen LogP contribution in [0.2, 0.25) is 0 Å². The number of benzene rings is 1. The summed E-state index contributed by atoms with van der Waals surface area (Å²) in [7, 11) is 0. The van der Waals surface area contributed by atoms with Gasteiger partial charge in [-0.25, -0.2) is 4.99 Å². The second-order valence-corrected chi connectivity index (χ2v) is 6.30. The lowest BCUT2D eigenvalue weighted by molar-refractivity contribution is -0.117. The van der Waals surface area contributed by atoms with Crippen molar-refractivity contribution in [3.05, 3.63) is 47.3 Å². The number of rotatable bonds is 5. The van der Waals surface area contributed by atoms with Crippen molar-refractivity contribution in [2.45, 2.75) is 26.2 Å². The highest BCUT2D eigenvalue weighted by Crippen LogP contribution is 2.17. The molecule has 0 radical (unpaired) electrons. The molecular weight excluding hydrogens is 304 g/mol. The molecule has 0 atom stereocenters. The molecule has 1 saturated heterocycles. The first-order valence-electron chi connectivity index (χ1n) is 8.31. The van der Waals surface area contributed by atoms with Crippen molar-refractivity contribution >= 4 is 17.3 Å². The number of ketones is 2. The molecule has 1 aromatic rings. The van der Waals surface area contributed by atoms with Gasteiger partial charge >= 0.3 is 0 Å². The number of carbonyl (C=O) groups is 2. The van der Waals surface area contributed by atoms with Crippen molar-refractivity contribution in [3.63, 3.8) is 0 Å². The number of morpholine rings is 1. The minimum absolute atomic E-state index is 0.0184. The van der Waals surface area contributed by atoms with Gasteiger partial charge in [-0.1, -0.05) is 29.8 Å². The standard InChI is InChI=1S/C19H22N2O3/c1-14-3-2-4-15(9-14)10-17(22)11-16-12-18(23)13-19(20-16)21-5-7-24-8-6-21/h2-4,9,13H,5-8,10-12H2,1H3. The number of Topliss-reactive ketones (excluding diaryl/α,β-unsaturated/α-hetero) is 1. The summed E-state index contributed by atoms with van der Waals surface area (Å²) in [6, 6.07) is 7.94. The van der Waals surface area contributed by atoms with Crippen LogP contribution in [0.15, 0.2) is 41.2 Å². The molecule has 126 valence electrons. The summed E-state index contributed by atoms with van der Waals surface area (Å²) in [6.45, 7) is 4.75. The van der Waals surface area contributed by atoms with E-state index < -0.39 is 0 Å². The number of hydrogen-bond donors (Lipinski definition) is 0. The molecule has 0 saturated carbocycles. The molecule has 1 aromatic carbocycles. The molecule has 5 heteroatoms. The number of nitrogens with zero attached hydrogens (tertiary/aromatic N) is 2. The van der Waals surface area contributed by atoms with Crippen molar-refractivity contribution in [1.29, 1.82) is 0 Å². The lowest BCUT2D eigenvalue weighted by Gasteiger charge is -2.30. The van der Waals surface area contributed by atoms with Crippen molar-refractivity contribution in [2.24, 2.45) is 4.99 Å². The van der Waals surface area contributed by atoms with E-state index in [-0.39, 0.29) is 24.4 Å². The summed E-state index contributed by atoms with van der Waals surface area (Å²) in [5.41, 5.74) is 2.82. The third-order valence-electron chi connectivity index (χ3n) is 4.16. The Balaban J connectivity index is 1.65. The third-order valence-corrected chi connectivity index (χ3v) is 4.16. The maximum absolute atomic E-state index is 12.3. The lowest BCUT2D eigenvalue weighted by Crippen LogP contribution is -2.36. The molecule has 0 unspecified atom stereocenters. The van der Waals surface area contributed by atoms with E-state index in [9.17, 15) is 9.59 Å². The molecule has 0 aromatic heterocycles. The van der Waals surface area contributed by atoms with Crippen LogP contribution in [-0.2, 0) is 20.7 Å². The molecule has 0 aliphatic carbocycles. The highest BCUT2D eigenvalue weighted by Gasteiger charge is 2.21. The molecule has 1 fully saturated rings. The molecule has 24 heavy (non-hydrogen) atoms. The Labute approximate surface area is 142 Å². The van der Waals surface area contributed by atoms with Gasteiger partial charge in [-0.2, -0.15) is 0 Å². The number of aliphatic imine (C=N–C) groups is 1. The van der Waals surface area contributed by atoms with Crippen LogP contribution in [0.4, 0.5) is 0 Å². The first kappa shape index (κ1) is 16.6. The fourth-order valence-corrected chi connectivity index (χ4v) is 3.03. The fourth-order valence-electron chi connectivity index (χ4n) is 3.03. The Bertz CT molecular complexity index is 700. The van der Waals surface area contributed by atoms with Crippen molar-refractivity contribution in [1.82, 2.24) is 4.90 Å².